The van der Waals surface area contributed by atoms with Gasteiger partial charge in [-0.25, -0.2) is 4.98 Å². The number of oxazole rings is 1. The van der Waals surface area contributed by atoms with Crippen molar-refractivity contribution in [3.8, 4) is 0 Å². The molecule has 1 N–H and O–H groups in total. The summed E-state index contributed by atoms with van der Waals surface area (Å²) in [7, 11) is 0. The lowest BCUT2D eigenvalue weighted by Gasteiger charge is -2.17. The number of likely N-dealkylation sites (tertiary alicyclic amines) is 1. The third-order valence-electron chi connectivity index (χ3n) is 4.38. The van der Waals surface area contributed by atoms with E-state index in [4.69, 9.17) is 4.42 Å². The molecule has 2 heterocycles. The normalized spacial score (nSPS) is 16.8. The van der Waals surface area contributed by atoms with Gasteiger partial charge in [0.25, 0.3) is 0 Å². The number of nitrogens with zero attached hydrogens (tertiary/aromatic N) is 2. The summed E-state index contributed by atoms with van der Waals surface area (Å²) in [6.07, 6.45) is 3.79. The second-order valence-corrected chi connectivity index (χ2v) is 6.40. The van der Waals surface area contributed by atoms with Crippen molar-refractivity contribution in [3.05, 3.63) is 53.7 Å². The molecule has 1 saturated heterocycles. The van der Waals surface area contributed by atoms with Crippen LogP contribution in [0.5, 0.6) is 0 Å². The summed E-state index contributed by atoms with van der Waals surface area (Å²) in [5.74, 6) is 1.16. The summed E-state index contributed by atoms with van der Waals surface area (Å²) < 4.78 is 5.32. The third-order valence-corrected chi connectivity index (χ3v) is 4.38. The molecule has 1 aromatic carbocycles. The van der Waals surface area contributed by atoms with Crippen LogP contribution in [0.4, 0.5) is 0 Å². The van der Waals surface area contributed by atoms with Crippen molar-refractivity contribution >= 4 is 11.8 Å². The summed E-state index contributed by atoms with van der Waals surface area (Å²) in [5, 5.41) is 2.97. The fourth-order valence-corrected chi connectivity index (χ4v) is 3.08. The lowest BCUT2D eigenvalue weighted by atomic mass is 10.1. The molecule has 1 atom stereocenters. The number of carbonyl (C=O) groups is 2. The van der Waals surface area contributed by atoms with Crippen LogP contribution in [-0.4, -0.2) is 40.8 Å². The Morgan fingerprint density at radius 3 is 2.84 bits per heavy atom. The lowest BCUT2D eigenvalue weighted by Crippen LogP contribution is -2.39. The fourth-order valence-electron chi connectivity index (χ4n) is 3.08. The van der Waals surface area contributed by atoms with Crippen LogP contribution in [0, 0.1) is 6.92 Å². The van der Waals surface area contributed by atoms with Gasteiger partial charge in [0, 0.05) is 32.5 Å². The van der Waals surface area contributed by atoms with E-state index in [2.05, 4.69) is 10.3 Å². The lowest BCUT2D eigenvalue weighted by molar-refractivity contribution is -0.130. The number of aryl methyl sites for hydroxylation is 2. The minimum Gasteiger partial charge on any atom is -0.446 e. The molecule has 6 nitrogen and oxygen atoms in total. The second kappa shape index (κ2) is 7.96. The van der Waals surface area contributed by atoms with E-state index < -0.39 is 0 Å². The Kier molecular flexibility index (Phi) is 5.48. The quantitative estimate of drug-likeness (QED) is 0.870. The molecule has 0 radical (unpaired) electrons. The number of rotatable bonds is 6. The zero-order valence-electron chi connectivity index (χ0n) is 14.4. The van der Waals surface area contributed by atoms with E-state index in [0.29, 0.717) is 31.2 Å². The number of carbonyl (C=O) groups excluding carboxylic acids is 2. The van der Waals surface area contributed by atoms with Crippen molar-refractivity contribution in [1.29, 1.82) is 0 Å². The van der Waals surface area contributed by atoms with E-state index in [9.17, 15) is 9.59 Å². The number of aromatic nitrogens is 1. The van der Waals surface area contributed by atoms with Crippen LogP contribution in [-0.2, 0) is 22.4 Å². The fraction of sp³-hybridized carbons (Fsp3) is 0.421. The molecule has 1 fully saturated rings. The Balaban J connectivity index is 1.41. The Morgan fingerprint density at radius 1 is 1.32 bits per heavy atom. The zero-order chi connectivity index (χ0) is 17.6. The summed E-state index contributed by atoms with van der Waals surface area (Å²) in [4.78, 5) is 30.2. The summed E-state index contributed by atoms with van der Waals surface area (Å²) in [6.45, 7) is 3.02. The van der Waals surface area contributed by atoms with Gasteiger partial charge in [-0.15, -0.1) is 0 Å². The van der Waals surface area contributed by atoms with E-state index in [1.807, 2.05) is 35.2 Å². The van der Waals surface area contributed by atoms with Gasteiger partial charge in [0.2, 0.25) is 11.8 Å². The molecular weight excluding hydrogens is 318 g/mol. The van der Waals surface area contributed by atoms with Gasteiger partial charge in [0.1, 0.15) is 5.76 Å². The van der Waals surface area contributed by atoms with Gasteiger partial charge in [0.15, 0.2) is 5.89 Å². The van der Waals surface area contributed by atoms with Crippen LogP contribution in [0.15, 0.2) is 40.9 Å². The molecule has 6 heteroatoms. The van der Waals surface area contributed by atoms with Gasteiger partial charge in [-0.2, -0.15) is 0 Å². The van der Waals surface area contributed by atoms with Crippen molar-refractivity contribution in [3.63, 3.8) is 0 Å². The second-order valence-electron chi connectivity index (χ2n) is 6.40. The molecule has 2 amide bonds. The molecule has 1 aliphatic heterocycles. The van der Waals surface area contributed by atoms with E-state index in [-0.39, 0.29) is 24.3 Å². The van der Waals surface area contributed by atoms with Crippen molar-refractivity contribution < 1.29 is 14.0 Å². The average Bonchev–Trinajstić information content (AvgIpc) is 3.22. The third kappa shape index (κ3) is 4.92. The first-order valence-electron chi connectivity index (χ1n) is 8.62. The van der Waals surface area contributed by atoms with Gasteiger partial charge < -0.3 is 14.6 Å². The minimum absolute atomic E-state index is 0.0113. The van der Waals surface area contributed by atoms with Crippen LogP contribution in [0.3, 0.4) is 0 Å². The molecule has 1 aromatic heterocycles. The highest BCUT2D eigenvalue weighted by Crippen LogP contribution is 2.13. The maximum absolute atomic E-state index is 12.3. The van der Waals surface area contributed by atoms with Crippen LogP contribution in [0.1, 0.15) is 30.1 Å². The molecule has 0 spiro atoms. The van der Waals surface area contributed by atoms with Crippen molar-refractivity contribution in [2.24, 2.45) is 0 Å². The molecule has 0 aliphatic carbocycles. The van der Waals surface area contributed by atoms with Gasteiger partial charge in [-0.3, -0.25) is 9.59 Å². The van der Waals surface area contributed by atoms with E-state index >= 15 is 0 Å². The average molecular weight is 341 g/mol. The first-order valence-corrected chi connectivity index (χ1v) is 8.62. The van der Waals surface area contributed by atoms with Crippen LogP contribution >= 0.6 is 0 Å². The molecule has 2 aromatic rings. The highest BCUT2D eigenvalue weighted by molar-refractivity contribution is 5.79. The maximum Gasteiger partial charge on any atom is 0.227 e. The molecule has 1 aliphatic rings. The highest BCUT2D eigenvalue weighted by atomic mass is 16.4. The van der Waals surface area contributed by atoms with Crippen molar-refractivity contribution in [1.82, 2.24) is 15.2 Å². The minimum atomic E-state index is -0.0975. The molecule has 25 heavy (non-hydrogen) atoms. The largest absolute Gasteiger partial charge is 0.446 e. The summed E-state index contributed by atoms with van der Waals surface area (Å²) in [5.41, 5.74) is 1.17. The predicted molar refractivity (Wildman–Crippen MR) is 92.8 cm³/mol. The smallest absolute Gasteiger partial charge is 0.227 e. The molecule has 3 rings (SSSR count). The standard InChI is InChI=1S/C19H23N3O3/c1-14-20-12-17(25-14)11-18(23)21-16-9-10-22(13-16)19(24)8-7-15-5-3-2-4-6-15/h2-6,12,16H,7-11,13H2,1H3,(H,21,23). The zero-order valence-corrected chi connectivity index (χ0v) is 14.4. The number of nitrogens with one attached hydrogen (secondary N) is 1. The summed E-state index contributed by atoms with van der Waals surface area (Å²) in [6, 6.07) is 10.0. The number of hydrogen-bond donors (Lipinski definition) is 1. The Hall–Kier alpha value is -2.63. The van der Waals surface area contributed by atoms with Gasteiger partial charge in [0.05, 0.1) is 12.6 Å². The Labute approximate surface area is 147 Å². The monoisotopic (exact) mass is 341 g/mol. The molecule has 1 unspecified atom stereocenters. The van der Waals surface area contributed by atoms with E-state index in [0.717, 1.165) is 12.8 Å². The molecule has 0 saturated carbocycles. The summed E-state index contributed by atoms with van der Waals surface area (Å²) >= 11 is 0. The van der Waals surface area contributed by atoms with E-state index in [1.165, 1.54) is 5.56 Å². The number of benzene rings is 1. The van der Waals surface area contributed by atoms with Gasteiger partial charge >= 0.3 is 0 Å². The van der Waals surface area contributed by atoms with Crippen LogP contribution in [0.25, 0.3) is 0 Å². The SMILES string of the molecule is Cc1ncc(CC(=O)NC2CCN(C(=O)CCc3ccccc3)C2)o1. The van der Waals surface area contributed by atoms with Crippen molar-refractivity contribution in [2.45, 2.75) is 38.6 Å². The Morgan fingerprint density at radius 2 is 2.12 bits per heavy atom. The molecule has 0 bridgehead atoms. The van der Waals surface area contributed by atoms with Crippen LogP contribution in [0.2, 0.25) is 0 Å². The van der Waals surface area contributed by atoms with Crippen LogP contribution < -0.4 is 5.32 Å². The topological polar surface area (TPSA) is 75.4 Å². The van der Waals surface area contributed by atoms with Crippen molar-refractivity contribution in [2.75, 3.05) is 13.1 Å². The Bertz CT molecular complexity index is 727. The molecule has 132 valence electrons. The maximum atomic E-state index is 12.3. The first-order chi connectivity index (χ1) is 12.1. The van der Waals surface area contributed by atoms with Gasteiger partial charge in [-0.1, -0.05) is 30.3 Å². The predicted octanol–water partition coefficient (Wildman–Crippen LogP) is 1.88. The molecular formula is C19H23N3O3. The van der Waals surface area contributed by atoms with E-state index in [1.54, 1.807) is 13.1 Å². The number of amides is 2. The first kappa shape index (κ1) is 17.2. The highest BCUT2D eigenvalue weighted by Gasteiger charge is 2.27. The number of hydrogen-bond acceptors (Lipinski definition) is 4. The van der Waals surface area contributed by atoms with Gasteiger partial charge in [-0.05, 0) is 18.4 Å².